The highest BCUT2D eigenvalue weighted by Crippen LogP contribution is 2.17. The minimum absolute atomic E-state index is 0.00939. The Bertz CT molecular complexity index is 457. The van der Waals surface area contributed by atoms with Gasteiger partial charge in [0.25, 0.3) is 0 Å². The van der Waals surface area contributed by atoms with Crippen molar-refractivity contribution in [1.82, 2.24) is 0 Å². The molecule has 1 N–H and O–H groups in total. The van der Waals surface area contributed by atoms with Crippen LogP contribution >= 0.6 is 0 Å². The summed E-state index contributed by atoms with van der Waals surface area (Å²) in [5.74, 6) is -0.450. The summed E-state index contributed by atoms with van der Waals surface area (Å²) in [6, 6.07) is 7.84. The van der Waals surface area contributed by atoms with Crippen molar-refractivity contribution in [3.05, 3.63) is 41.2 Å². The molecule has 0 aliphatic carbocycles. The third-order valence-electron chi connectivity index (χ3n) is 2.79. The number of aliphatic hydroxyl groups excluding tert-OH is 1. The molecule has 0 aliphatic heterocycles. The molecule has 1 rings (SSSR count). The molecule has 1 aromatic rings. The van der Waals surface area contributed by atoms with Crippen LogP contribution in [-0.2, 0) is 16.0 Å². The number of aliphatic hydroxyl groups is 1. The molecule has 0 atom stereocenters. The van der Waals surface area contributed by atoms with Crippen molar-refractivity contribution in [3.63, 3.8) is 0 Å². The lowest BCUT2D eigenvalue weighted by molar-refractivity contribution is -0.138. The molecule has 0 saturated heterocycles. The molecule has 0 unspecified atom stereocenters. The van der Waals surface area contributed by atoms with Crippen LogP contribution in [0, 0.1) is 0 Å². The van der Waals surface area contributed by atoms with E-state index in [1.165, 1.54) is 6.92 Å². The minimum atomic E-state index is -0.459. The summed E-state index contributed by atoms with van der Waals surface area (Å²) in [7, 11) is 3.94. The van der Waals surface area contributed by atoms with Gasteiger partial charge in [-0.25, -0.2) is 4.79 Å². The van der Waals surface area contributed by atoms with Crippen LogP contribution in [0.4, 0.5) is 5.69 Å². The molecule has 0 aromatic heterocycles. The predicted octanol–water partition coefficient (Wildman–Crippen LogP) is 2.69. The standard InChI is InChI=1S/C15H21NO3/c1-5-19-15(18)14(11(2)17)10-12-6-8-13(9-7-12)16(3)4/h6-9,17H,5,10H2,1-4H3/b14-11-. The second-order valence-corrected chi connectivity index (χ2v) is 4.52. The van der Waals surface area contributed by atoms with E-state index < -0.39 is 5.97 Å². The number of carbonyl (C=O) groups excluding carboxylic acids is 1. The first kappa shape index (κ1) is 15.1. The smallest absolute Gasteiger partial charge is 0.337 e. The number of anilines is 1. The second-order valence-electron chi connectivity index (χ2n) is 4.52. The lowest BCUT2D eigenvalue weighted by atomic mass is 10.0. The number of allylic oxidation sites excluding steroid dienone is 1. The van der Waals surface area contributed by atoms with E-state index in [0.29, 0.717) is 18.6 Å². The second kappa shape index (κ2) is 6.83. The Hall–Kier alpha value is -1.97. The maximum absolute atomic E-state index is 11.7. The zero-order chi connectivity index (χ0) is 14.4. The fourth-order valence-corrected chi connectivity index (χ4v) is 1.68. The fraction of sp³-hybridized carbons (Fsp3) is 0.400. The van der Waals surface area contributed by atoms with Crippen LogP contribution in [0.1, 0.15) is 19.4 Å². The number of carbonyl (C=O) groups is 1. The predicted molar refractivity (Wildman–Crippen MR) is 76.4 cm³/mol. The van der Waals surface area contributed by atoms with Crippen LogP contribution in [0.15, 0.2) is 35.6 Å². The summed E-state index contributed by atoms with van der Waals surface area (Å²) in [6.45, 7) is 3.55. The summed E-state index contributed by atoms with van der Waals surface area (Å²) >= 11 is 0. The highest BCUT2D eigenvalue weighted by Gasteiger charge is 2.14. The van der Waals surface area contributed by atoms with Gasteiger partial charge in [0.2, 0.25) is 0 Å². The minimum Gasteiger partial charge on any atom is -0.512 e. The van der Waals surface area contributed by atoms with Crippen molar-refractivity contribution < 1.29 is 14.6 Å². The van der Waals surface area contributed by atoms with Crippen molar-refractivity contribution in [2.45, 2.75) is 20.3 Å². The van der Waals surface area contributed by atoms with Gasteiger partial charge in [0, 0.05) is 26.2 Å². The Balaban J connectivity index is 2.86. The molecule has 0 fully saturated rings. The van der Waals surface area contributed by atoms with Gasteiger partial charge in [0.15, 0.2) is 0 Å². The third kappa shape index (κ3) is 4.32. The summed E-state index contributed by atoms with van der Waals surface area (Å²) < 4.78 is 4.93. The SMILES string of the molecule is CCOC(=O)/C(Cc1ccc(N(C)C)cc1)=C(/C)O. The number of rotatable bonds is 5. The molecule has 4 heteroatoms. The fourth-order valence-electron chi connectivity index (χ4n) is 1.68. The van der Waals surface area contributed by atoms with Crippen molar-refractivity contribution >= 4 is 11.7 Å². The van der Waals surface area contributed by atoms with Gasteiger partial charge in [-0.3, -0.25) is 0 Å². The Morgan fingerprint density at radius 3 is 2.26 bits per heavy atom. The summed E-state index contributed by atoms with van der Waals surface area (Å²) in [6.07, 6.45) is 0.370. The maximum Gasteiger partial charge on any atom is 0.337 e. The molecule has 0 radical (unpaired) electrons. The van der Waals surface area contributed by atoms with Crippen LogP contribution in [0.25, 0.3) is 0 Å². The molecular formula is C15H21NO3. The monoisotopic (exact) mass is 263 g/mol. The number of nitrogens with zero attached hydrogens (tertiary/aromatic N) is 1. The van der Waals surface area contributed by atoms with Gasteiger partial charge in [-0.2, -0.15) is 0 Å². The lowest BCUT2D eigenvalue weighted by Crippen LogP contribution is -2.12. The first-order chi connectivity index (χ1) is 8.95. The summed E-state index contributed by atoms with van der Waals surface area (Å²) in [5.41, 5.74) is 2.35. The Labute approximate surface area is 114 Å². The van der Waals surface area contributed by atoms with E-state index in [4.69, 9.17) is 4.74 Å². The van der Waals surface area contributed by atoms with E-state index in [1.807, 2.05) is 43.3 Å². The van der Waals surface area contributed by atoms with Crippen LogP contribution in [0.5, 0.6) is 0 Å². The van der Waals surface area contributed by atoms with E-state index in [-0.39, 0.29) is 5.76 Å². The number of esters is 1. The average Bonchev–Trinajstić information content (AvgIpc) is 2.36. The van der Waals surface area contributed by atoms with Crippen LogP contribution in [0.3, 0.4) is 0 Å². The molecule has 0 bridgehead atoms. The third-order valence-corrected chi connectivity index (χ3v) is 2.79. The van der Waals surface area contributed by atoms with E-state index in [2.05, 4.69) is 0 Å². The van der Waals surface area contributed by atoms with E-state index >= 15 is 0 Å². The molecule has 19 heavy (non-hydrogen) atoms. The molecule has 0 aliphatic rings. The van der Waals surface area contributed by atoms with Crippen molar-refractivity contribution in [1.29, 1.82) is 0 Å². The molecule has 104 valence electrons. The number of benzene rings is 1. The van der Waals surface area contributed by atoms with Crippen LogP contribution < -0.4 is 4.90 Å². The van der Waals surface area contributed by atoms with Crippen molar-refractivity contribution in [3.8, 4) is 0 Å². The van der Waals surface area contributed by atoms with Crippen molar-refractivity contribution in [2.24, 2.45) is 0 Å². The van der Waals surface area contributed by atoms with Gasteiger partial charge in [0.1, 0.15) is 0 Å². The molecule has 0 saturated carbocycles. The van der Waals surface area contributed by atoms with Gasteiger partial charge in [-0.1, -0.05) is 12.1 Å². The topological polar surface area (TPSA) is 49.8 Å². The number of hydrogen-bond acceptors (Lipinski definition) is 4. The molecule has 0 spiro atoms. The zero-order valence-corrected chi connectivity index (χ0v) is 11.9. The Morgan fingerprint density at radius 1 is 1.26 bits per heavy atom. The van der Waals surface area contributed by atoms with Gasteiger partial charge < -0.3 is 14.7 Å². The maximum atomic E-state index is 11.7. The summed E-state index contributed by atoms with van der Waals surface area (Å²) in [5, 5.41) is 9.58. The van der Waals surface area contributed by atoms with E-state index in [9.17, 15) is 9.90 Å². The largest absolute Gasteiger partial charge is 0.512 e. The molecule has 4 nitrogen and oxygen atoms in total. The Morgan fingerprint density at radius 2 is 1.84 bits per heavy atom. The summed E-state index contributed by atoms with van der Waals surface area (Å²) in [4.78, 5) is 13.7. The number of hydrogen-bond donors (Lipinski definition) is 1. The van der Waals surface area contributed by atoms with E-state index in [1.54, 1.807) is 6.92 Å². The zero-order valence-electron chi connectivity index (χ0n) is 11.9. The van der Waals surface area contributed by atoms with Gasteiger partial charge in [-0.15, -0.1) is 0 Å². The molecular weight excluding hydrogens is 242 g/mol. The lowest BCUT2D eigenvalue weighted by Gasteiger charge is -2.13. The normalized spacial score (nSPS) is 11.8. The van der Waals surface area contributed by atoms with Gasteiger partial charge in [0.05, 0.1) is 17.9 Å². The molecule has 0 heterocycles. The average molecular weight is 263 g/mol. The molecule has 1 aromatic carbocycles. The number of ether oxygens (including phenoxy) is 1. The van der Waals surface area contributed by atoms with Crippen LogP contribution in [-0.4, -0.2) is 31.8 Å². The quantitative estimate of drug-likeness (QED) is 0.504. The van der Waals surface area contributed by atoms with Crippen LogP contribution in [0.2, 0.25) is 0 Å². The highest BCUT2D eigenvalue weighted by atomic mass is 16.5. The first-order valence-electron chi connectivity index (χ1n) is 6.27. The van der Waals surface area contributed by atoms with Gasteiger partial charge >= 0.3 is 5.97 Å². The highest BCUT2D eigenvalue weighted by molar-refractivity contribution is 5.89. The van der Waals surface area contributed by atoms with Crippen molar-refractivity contribution in [2.75, 3.05) is 25.6 Å². The Kier molecular flexibility index (Phi) is 5.42. The first-order valence-corrected chi connectivity index (χ1v) is 6.27. The van der Waals surface area contributed by atoms with E-state index in [0.717, 1.165) is 11.3 Å². The van der Waals surface area contributed by atoms with Gasteiger partial charge in [-0.05, 0) is 31.5 Å². The molecule has 0 amide bonds.